The van der Waals surface area contributed by atoms with E-state index in [2.05, 4.69) is 0 Å². The van der Waals surface area contributed by atoms with Crippen LogP contribution in [0.4, 0.5) is 0 Å². The summed E-state index contributed by atoms with van der Waals surface area (Å²) in [4.78, 5) is 0. The van der Waals surface area contributed by atoms with Crippen LogP contribution in [-0.4, -0.2) is 54.7 Å². The molecule has 0 rings (SSSR count). The van der Waals surface area contributed by atoms with E-state index < -0.39 is 19.5 Å². The van der Waals surface area contributed by atoms with Crippen molar-refractivity contribution in [2.45, 2.75) is 6.92 Å². The van der Waals surface area contributed by atoms with Crippen molar-refractivity contribution >= 4 is 0 Å². The fourth-order valence-electron chi connectivity index (χ4n) is 0. The topological polar surface area (TPSA) is 214 Å². The summed E-state index contributed by atoms with van der Waals surface area (Å²) in [6.07, 6.45) is 0. The van der Waals surface area contributed by atoms with Crippen LogP contribution in [-0.2, 0) is 22.8 Å². The van der Waals surface area contributed by atoms with Gasteiger partial charge in [-0.3, -0.25) is 0 Å². The third-order valence-corrected chi connectivity index (χ3v) is 0.500. The zero-order valence-corrected chi connectivity index (χ0v) is 12.8. The minimum atomic E-state index is -1.75. The molecule has 0 amide bonds. The Hall–Kier alpha value is 0.194. The van der Waals surface area contributed by atoms with Crippen LogP contribution in [0.5, 0.6) is 0 Å². The fourth-order valence-corrected chi connectivity index (χ4v) is 0. The molecule has 14 N–H and O–H groups in total. The molecule has 0 aliphatic rings. The third kappa shape index (κ3) is 366. The Morgan fingerprint density at radius 2 is 0.833 bits per heavy atom. The predicted molar refractivity (Wildman–Crippen MR) is 70.0 cm³/mol. The Morgan fingerprint density at radius 1 is 0.778 bits per heavy atom. The molecular weight excluding hydrogens is 276 g/mol. The molecule has 18 heavy (non-hydrogen) atoms. The van der Waals surface area contributed by atoms with E-state index in [-0.39, 0.29) is 6.61 Å². The first-order chi connectivity index (χ1) is 8.57. The Bertz CT molecular complexity index is 79.7. The molecule has 0 fully saturated rings. The van der Waals surface area contributed by atoms with Crippen molar-refractivity contribution in [2.75, 3.05) is 45.9 Å². The predicted octanol–water partition coefficient (Wildman–Crippen LogP) is -3.97. The van der Waals surface area contributed by atoms with Crippen LogP contribution < -0.4 is 34.4 Å². The Labute approximate surface area is 119 Å². The van der Waals surface area contributed by atoms with E-state index in [0.29, 0.717) is 39.3 Å². The molecule has 0 aliphatic carbocycles. The number of hydrogen-bond donors (Lipinski definition) is 8. The maximum absolute atomic E-state index is 8.61. The van der Waals surface area contributed by atoms with Crippen LogP contribution in [0.3, 0.4) is 0 Å². The van der Waals surface area contributed by atoms with Gasteiger partial charge in [0.25, 0.3) is 0 Å². The molecule has 0 radical (unpaired) electrons. The van der Waals surface area contributed by atoms with Gasteiger partial charge in [0.2, 0.25) is 0 Å². The molecule has 0 atom stereocenters. The third-order valence-electron chi connectivity index (χ3n) is 0.500. The molecule has 0 saturated heterocycles. The van der Waals surface area contributed by atoms with Crippen molar-refractivity contribution < 1.29 is 31.6 Å². The van der Waals surface area contributed by atoms with E-state index in [1.54, 1.807) is 6.92 Å². The van der Waals surface area contributed by atoms with E-state index >= 15 is 0 Å². The van der Waals surface area contributed by atoms with Crippen molar-refractivity contribution in [2.24, 2.45) is 34.4 Å². The quantitative estimate of drug-likeness (QED) is 0.238. The van der Waals surface area contributed by atoms with Gasteiger partial charge in [-0.1, -0.05) is 0 Å². The van der Waals surface area contributed by atoms with Gasteiger partial charge < -0.3 is 39.5 Å². The normalized spacial score (nSPS) is 6.50. The standard InChI is InChI=1S/3C2H8N2.C2H6O.H2O.O.Ti/c3*3-1-2-4;1-2-3;;;/h3*1-4H2;3H,2H2,1H3;1H2;;/q;;;;;;+1/p-1. The van der Waals surface area contributed by atoms with Crippen LogP contribution in [0.2, 0.25) is 0 Å². The molecule has 0 heterocycles. The van der Waals surface area contributed by atoms with E-state index in [9.17, 15) is 0 Å². The van der Waals surface area contributed by atoms with Crippen LogP contribution in [0.1, 0.15) is 6.92 Å². The van der Waals surface area contributed by atoms with Crippen LogP contribution in [0, 0.1) is 0 Å². The van der Waals surface area contributed by atoms with Gasteiger partial charge in [-0.2, -0.15) is 0 Å². The number of hydrogen-bond acceptors (Lipinski definition) is 8. The molecular formula is C8H31N6O3Ti. The van der Waals surface area contributed by atoms with Gasteiger partial charge in [0.05, 0.1) is 0 Å². The first-order valence-corrected chi connectivity index (χ1v) is 6.74. The van der Waals surface area contributed by atoms with Crippen molar-refractivity contribution in [1.29, 1.82) is 0 Å². The zero-order valence-electron chi connectivity index (χ0n) is 11.2. The Balaban J connectivity index is -0.0000000394. The molecule has 0 saturated carbocycles. The first kappa shape index (κ1) is 30.9. The first-order valence-electron chi connectivity index (χ1n) is 5.40. The van der Waals surface area contributed by atoms with Crippen molar-refractivity contribution in [3.8, 4) is 0 Å². The summed E-state index contributed by atoms with van der Waals surface area (Å²) in [5.74, 6) is 0. The van der Waals surface area contributed by atoms with Gasteiger partial charge in [-0.05, 0) is 6.92 Å². The molecule has 9 nitrogen and oxygen atoms in total. The second-order valence-corrected chi connectivity index (χ2v) is 2.42. The monoisotopic (exact) mass is 307 g/mol. The summed E-state index contributed by atoms with van der Waals surface area (Å²) in [7, 11) is 0. The van der Waals surface area contributed by atoms with Gasteiger partial charge in [-0.25, -0.2) is 0 Å². The summed E-state index contributed by atoms with van der Waals surface area (Å²) in [6.45, 7) is 5.51. The van der Waals surface area contributed by atoms with Crippen molar-refractivity contribution in [3.63, 3.8) is 0 Å². The molecule has 0 aromatic heterocycles. The Morgan fingerprint density at radius 3 is 0.833 bits per heavy atom. The second kappa shape index (κ2) is 67.2. The second-order valence-electron chi connectivity index (χ2n) is 2.14. The summed E-state index contributed by atoms with van der Waals surface area (Å²) in [6, 6.07) is 0. The number of aliphatic hydroxyl groups is 1. The van der Waals surface area contributed by atoms with E-state index in [1.807, 2.05) is 0 Å². The summed E-state index contributed by atoms with van der Waals surface area (Å²) >= 11 is -1.75. The van der Waals surface area contributed by atoms with E-state index in [1.165, 1.54) is 0 Å². The summed E-state index contributed by atoms with van der Waals surface area (Å²) in [5.41, 5.74) is 29.4. The summed E-state index contributed by atoms with van der Waals surface area (Å²) < 4.78 is 15.8. The zero-order chi connectivity index (χ0) is 15.7. The number of nitrogens with two attached hydrogens (primary N) is 6. The van der Waals surface area contributed by atoms with Gasteiger partial charge in [0.15, 0.2) is 0 Å². The van der Waals surface area contributed by atoms with E-state index in [0.717, 1.165) is 0 Å². The minimum absolute atomic E-state index is 0.250. The van der Waals surface area contributed by atoms with Gasteiger partial charge >= 0.3 is 26.5 Å². The average molecular weight is 307 g/mol. The van der Waals surface area contributed by atoms with Crippen LogP contribution in [0.15, 0.2) is 0 Å². The number of rotatable bonds is 3. The molecule has 0 aromatic rings. The summed E-state index contributed by atoms with van der Waals surface area (Å²) in [5, 5.41) is 7.57. The molecule has 0 spiro atoms. The SMILES string of the molecule is CCO.NCCN.NCCN.NCCN.[O]=[Ti][OH]. The van der Waals surface area contributed by atoms with Crippen LogP contribution >= 0.6 is 0 Å². The van der Waals surface area contributed by atoms with Gasteiger partial charge in [-0.15, -0.1) is 0 Å². The van der Waals surface area contributed by atoms with Gasteiger partial charge in [0, 0.05) is 45.9 Å². The maximum atomic E-state index is 8.61. The van der Waals surface area contributed by atoms with Crippen molar-refractivity contribution in [1.82, 2.24) is 0 Å². The molecule has 0 bridgehead atoms. The van der Waals surface area contributed by atoms with Gasteiger partial charge in [0.1, 0.15) is 0 Å². The molecule has 10 heteroatoms. The molecule has 0 aromatic carbocycles. The fraction of sp³-hybridized carbons (Fsp3) is 1.00. The molecule has 115 valence electrons. The molecule has 0 aliphatic heterocycles. The number of aliphatic hydroxyl groups excluding tert-OH is 1. The molecule has 0 unspecified atom stereocenters. The van der Waals surface area contributed by atoms with Crippen molar-refractivity contribution in [3.05, 3.63) is 0 Å². The Kier molecular flexibility index (Phi) is 115. The van der Waals surface area contributed by atoms with E-state index in [4.69, 9.17) is 46.5 Å². The van der Waals surface area contributed by atoms with Crippen LogP contribution in [0.25, 0.3) is 0 Å². The average Bonchev–Trinajstić information content (AvgIpc) is 2.40.